The molecule has 0 radical (unpaired) electrons. The molecule has 0 saturated heterocycles. The first-order valence-corrected chi connectivity index (χ1v) is 7.09. The van der Waals surface area contributed by atoms with Crippen molar-refractivity contribution >= 4 is 17.4 Å². The Balaban J connectivity index is 1.90. The zero-order valence-corrected chi connectivity index (χ0v) is 11.7. The van der Waals surface area contributed by atoms with Crippen molar-refractivity contribution in [2.45, 2.75) is 24.8 Å². The molecule has 0 aliphatic rings. The molecule has 0 bridgehead atoms. The van der Waals surface area contributed by atoms with E-state index in [0.29, 0.717) is 0 Å². The van der Waals surface area contributed by atoms with Crippen molar-refractivity contribution in [1.29, 1.82) is 0 Å². The van der Waals surface area contributed by atoms with Crippen LogP contribution >= 0.6 is 11.8 Å². The zero-order valence-electron chi connectivity index (χ0n) is 10.9. The van der Waals surface area contributed by atoms with E-state index in [1.165, 1.54) is 5.56 Å². The molecule has 0 aliphatic carbocycles. The Morgan fingerprint density at radius 1 is 1.11 bits per heavy atom. The SMILES string of the molecule is Cc1cc2nnc(SCc3ccccc3)n2c(C)n1. The fraction of sp³-hybridized carbons (Fsp3) is 0.214. The number of aromatic nitrogens is 4. The maximum absolute atomic E-state index is 4.46. The molecule has 0 N–H and O–H groups in total. The molecule has 96 valence electrons. The monoisotopic (exact) mass is 270 g/mol. The molecule has 0 saturated carbocycles. The van der Waals surface area contributed by atoms with E-state index in [0.717, 1.165) is 28.1 Å². The van der Waals surface area contributed by atoms with Crippen LogP contribution in [0.4, 0.5) is 0 Å². The van der Waals surface area contributed by atoms with Gasteiger partial charge in [-0.25, -0.2) is 4.98 Å². The van der Waals surface area contributed by atoms with Gasteiger partial charge in [-0.05, 0) is 19.4 Å². The third kappa shape index (κ3) is 2.46. The number of nitrogens with zero attached hydrogens (tertiary/aromatic N) is 4. The number of thioether (sulfide) groups is 1. The number of hydrogen-bond donors (Lipinski definition) is 0. The van der Waals surface area contributed by atoms with Crippen molar-refractivity contribution < 1.29 is 0 Å². The highest BCUT2D eigenvalue weighted by Crippen LogP contribution is 2.22. The zero-order chi connectivity index (χ0) is 13.2. The van der Waals surface area contributed by atoms with Gasteiger partial charge in [-0.15, -0.1) is 10.2 Å². The van der Waals surface area contributed by atoms with E-state index in [1.807, 2.05) is 42.5 Å². The average Bonchev–Trinajstić information content (AvgIpc) is 2.81. The van der Waals surface area contributed by atoms with Crippen LogP contribution in [0, 0.1) is 13.8 Å². The molecule has 0 spiro atoms. The average molecular weight is 270 g/mol. The Hall–Kier alpha value is -1.88. The Labute approximate surface area is 115 Å². The van der Waals surface area contributed by atoms with E-state index in [-0.39, 0.29) is 0 Å². The Morgan fingerprint density at radius 2 is 1.89 bits per heavy atom. The van der Waals surface area contributed by atoms with Crippen LogP contribution < -0.4 is 0 Å². The second-order valence-corrected chi connectivity index (χ2v) is 5.34. The summed E-state index contributed by atoms with van der Waals surface area (Å²) in [7, 11) is 0. The lowest BCUT2D eigenvalue weighted by atomic mass is 10.2. The molecule has 3 rings (SSSR count). The lowest BCUT2D eigenvalue weighted by Crippen LogP contribution is -1.98. The molecule has 0 aliphatic heterocycles. The largest absolute Gasteiger partial charge is 0.258 e. The highest BCUT2D eigenvalue weighted by atomic mass is 32.2. The third-order valence-corrected chi connectivity index (χ3v) is 3.87. The maximum Gasteiger partial charge on any atom is 0.197 e. The van der Waals surface area contributed by atoms with Crippen LogP contribution in [0.3, 0.4) is 0 Å². The van der Waals surface area contributed by atoms with E-state index in [2.05, 4.69) is 27.3 Å². The second kappa shape index (κ2) is 5.01. The van der Waals surface area contributed by atoms with Gasteiger partial charge in [0.05, 0.1) is 0 Å². The van der Waals surface area contributed by atoms with Gasteiger partial charge in [-0.2, -0.15) is 0 Å². The normalized spacial score (nSPS) is 11.1. The fourth-order valence-electron chi connectivity index (χ4n) is 2.02. The number of rotatable bonds is 3. The highest BCUT2D eigenvalue weighted by Gasteiger charge is 2.09. The van der Waals surface area contributed by atoms with E-state index >= 15 is 0 Å². The van der Waals surface area contributed by atoms with Crippen molar-refractivity contribution in [3.8, 4) is 0 Å². The summed E-state index contributed by atoms with van der Waals surface area (Å²) >= 11 is 1.68. The topological polar surface area (TPSA) is 43.1 Å². The van der Waals surface area contributed by atoms with Gasteiger partial charge in [0.2, 0.25) is 0 Å². The third-order valence-electron chi connectivity index (χ3n) is 2.87. The molecule has 0 fully saturated rings. The molecule has 3 aromatic rings. The fourth-order valence-corrected chi connectivity index (χ4v) is 2.96. The van der Waals surface area contributed by atoms with E-state index in [9.17, 15) is 0 Å². The summed E-state index contributed by atoms with van der Waals surface area (Å²) in [4.78, 5) is 4.46. The standard InChI is InChI=1S/C14H14N4S/c1-10-8-13-16-17-14(18(13)11(2)15-10)19-9-12-6-4-3-5-7-12/h3-8H,9H2,1-2H3. The quantitative estimate of drug-likeness (QED) is 0.686. The van der Waals surface area contributed by atoms with Gasteiger partial charge in [0, 0.05) is 17.5 Å². The highest BCUT2D eigenvalue weighted by molar-refractivity contribution is 7.98. The van der Waals surface area contributed by atoms with Crippen molar-refractivity contribution in [1.82, 2.24) is 19.6 Å². The first-order chi connectivity index (χ1) is 9.24. The molecule has 0 amide bonds. The second-order valence-electron chi connectivity index (χ2n) is 4.40. The molecule has 4 nitrogen and oxygen atoms in total. The number of aryl methyl sites for hydroxylation is 2. The first kappa shape index (κ1) is 12.2. The van der Waals surface area contributed by atoms with Crippen molar-refractivity contribution in [3.63, 3.8) is 0 Å². The number of hydrogen-bond acceptors (Lipinski definition) is 4. The first-order valence-electron chi connectivity index (χ1n) is 6.10. The molecule has 2 heterocycles. The lowest BCUT2D eigenvalue weighted by molar-refractivity contribution is 0.854. The van der Waals surface area contributed by atoms with Gasteiger partial charge in [0.25, 0.3) is 0 Å². The van der Waals surface area contributed by atoms with Crippen LogP contribution in [-0.4, -0.2) is 19.6 Å². The molecule has 1 aromatic carbocycles. The lowest BCUT2D eigenvalue weighted by Gasteiger charge is -2.04. The molecular weight excluding hydrogens is 256 g/mol. The van der Waals surface area contributed by atoms with Crippen LogP contribution in [-0.2, 0) is 5.75 Å². The molecule has 2 aromatic heterocycles. The van der Waals surface area contributed by atoms with Crippen molar-refractivity contribution in [2.24, 2.45) is 0 Å². The predicted octanol–water partition coefficient (Wildman–Crippen LogP) is 3.03. The molecule has 0 atom stereocenters. The summed E-state index contributed by atoms with van der Waals surface area (Å²) < 4.78 is 2.00. The minimum absolute atomic E-state index is 0.862. The van der Waals surface area contributed by atoms with Crippen LogP contribution in [0.15, 0.2) is 41.6 Å². The van der Waals surface area contributed by atoms with Crippen LogP contribution in [0.2, 0.25) is 0 Å². The molecule has 5 heteroatoms. The van der Waals surface area contributed by atoms with Crippen LogP contribution in [0.5, 0.6) is 0 Å². The molecule has 0 unspecified atom stereocenters. The summed E-state index contributed by atoms with van der Waals surface area (Å²) in [6, 6.07) is 12.3. The van der Waals surface area contributed by atoms with E-state index < -0.39 is 0 Å². The Kier molecular flexibility index (Phi) is 3.21. The van der Waals surface area contributed by atoms with Crippen LogP contribution in [0.25, 0.3) is 5.65 Å². The Morgan fingerprint density at radius 3 is 2.68 bits per heavy atom. The van der Waals surface area contributed by atoms with Crippen LogP contribution in [0.1, 0.15) is 17.1 Å². The minimum Gasteiger partial charge on any atom is -0.258 e. The van der Waals surface area contributed by atoms with Crippen molar-refractivity contribution in [3.05, 3.63) is 53.5 Å². The van der Waals surface area contributed by atoms with Gasteiger partial charge in [-0.3, -0.25) is 4.40 Å². The maximum atomic E-state index is 4.46. The number of fused-ring (bicyclic) bond motifs is 1. The van der Waals surface area contributed by atoms with Gasteiger partial charge in [0.15, 0.2) is 10.8 Å². The van der Waals surface area contributed by atoms with Gasteiger partial charge < -0.3 is 0 Å². The summed E-state index contributed by atoms with van der Waals surface area (Å²) in [6.45, 7) is 3.95. The van der Waals surface area contributed by atoms with E-state index in [1.54, 1.807) is 11.8 Å². The summed E-state index contributed by atoms with van der Waals surface area (Å²) in [5.74, 6) is 1.81. The van der Waals surface area contributed by atoms with Gasteiger partial charge >= 0.3 is 0 Å². The van der Waals surface area contributed by atoms with Gasteiger partial charge in [0.1, 0.15) is 5.82 Å². The summed E-state index contributed by atoms with van der Waals surface area (Å²) in [5, 5.41) is 9.35. The smallest absolute Gasteiger partial charge is 0.197 e. The van der Waals surface area contributed by atoms with Gasteiger partial charge in [-0.1, -0.05) is 42.1 Å². The minimum atomic E-state index is 0.862. The molecule has 19 heavy (non-hydrogen) atoms. The molecular formula is C14H14N4S. The summed E-state index contributed by atoms with van der Waals surface area (Å²) in [6.07, 6.45) is 0. The number of benzene rings is 1. The summed E-state index contributed by atoms with van der Waals surface area (Å²) in [5.41, 5.74) is 3.11. The predicted molar refractivity (Wildman–Crippen MR) is 76.3 cm³/mol. The Bertz CT molecular complexity index is 706. The van der Waals surface area contributed by atoms with Crippen molar-refractivity contribution in [2.75, 3.05) is 0 Å². The van der Waals surface area contributed by atoms with E-state index in [4.69, 9.17) is 0 Å².